The zero-order chi connectivity index (χ0) is 33.2. The first-order valence-electron chi connectivity index (χ1n) is 17.1. The first-order valence-corrected chi connectivity index (χ1v) is 15.1. The van der Waals surface area contributed by atoms with Gasteiger partial charge in [-0.1, -0.05) is 146 Å². The summed E-state index contributed by atoms with van der Waals surface area (Å²) in [5.74, 6) is 0. The van der Waals surface area contributed by atoms with E-state index in [1.54, 1.807) is 0 Å². The molecule has 1 aromatic heterocycles. The third kappa shape index (κ3) is 4.17. The molecule has 0 atom stereocenters. The van der Waals surface area contributed by atoms with Crippen LogP contribution in [-0.2, 0) is 0 Å². The molecule has 0 saturated carbocycles. The lowest BCUT2D eigenvalue weighted by Crippen LogP contribution is -1.91. The van der Waals surface area contributed by atoms with Crippen molar-refractivity contribution in [1.82, 2.24) is 0 Å². The van der Waals surface area contributed by atoms with Gasteiger partial charge in [-0.2, -0.15) is 0 Å². The standard InChI is InChI=1S/C44H28O/c1-3-13-29(14-4-1)31-17-11-18-33(27-31)42-34-19-7-9-21-36(34)43(37-22-10-8-20-35(37)42)38-23-12-24-41-44(38)39-28-32(25-26-40(39)45-41)30-15-5-2-6-16-30/h1-28H/i11D,17D,18D,27D. The van der Waals surface area contributed by atoms with Crippen molar-refractivity contribution >= 4 is 43.5 Å². The second kappa shape index (κ2) is 10.4. The number of hydrogen-bond donors (Lipinski definition) is 0. The Labute approximate surface area is 267 Å². The molecule has 0 amide bonds. The molecule has 9 rings (SSSR count). The molecule has 0 aliphatic carbocycles. The summed E-state index contributed by atoms with van der Waals surface area (Å²) in [6.45, 7) is 0. The fourth-order valence-electron chi connectivity index (χ4n) is 6.75. The van der Waals surface area contributed by atoms with E-state index in [1.807, 2.05) is 103 Å². The van der Waals surface area contributed by atoms with Crippen molar-refractivity contribution in [2.24, 2.45) is 0 Å². The van der Waals surface area contributed by atoms with Gasteiger partial charge in [-0.05, 0) is 90.3 Å². The first kappa shape index (κ1) is 21.7. The maximum Gasteiger partial charge on any atom is 0.136 e. The van der Waals surface area contributed by atoms with Gasteiger partial charge in [-0.25, -0.2) is 0 Å². The SMILES string of the molecule is [2H]c1c([2H])c(-c2ccccc2)c([2H])c(-c2c3ccccc3c(-c3cccc4oc5ccc(-c6ccccc6)cc5c34)c3ccccc23)c1[2H]. The van der Waals surface area contributed by atoms with E-state index in [-0.39, 0.29) is 24.2 Å². The second-order valence-corrected chi connectivity index (χ2v) is 11.3. The molecular formula is C44H28O. The summed E-state index contributed by atoms with van der Waals surface area (Å²) in [6.07, 6.45) is 0. The smallest absolute Gasteiger partial charge is 0.136 e. The Kier molecular flexibility index (Phi) is 5.00. The second-order valence-electron chi connectivity index (χ2n) is 11.3. The summed E-state index contributed by atoms with van der Waals surface area (Å²) >= 11 is 0. The number of hydrogen-bond acceptors (Lipinski definition) is 1. The Hall–Kier alpha value is -5.92. The fraction of sp³-hybridized carbons (Fsp3) is 0. The van der Waals surface area contributed by atoms with E-state index in [0.717, 1.165) is 71.3 Å². The van der Waals surface area contributed by atoms with Crippen LogP contribution in [0, 0.1) is 0 Å². The normalized spacial score (nSPS) is 12.8. The lowest BCUT2D eigenvalue weighted by Gasteiger charge is -2.18. The van der Waals surface area contributed by atoms with Crippen molar-refractivity contribution in [3.05, 3.63) is 170 Å². The molecule has 0 N–H and O–H groups in total. The number of furan rings is 1. The summed E-state index contributed by atoms with van der Waals surface area (Å²) in [5, 5.41) is 5.76. The summed E-state index contributed by atoms with van der Waals surface area (Å²) < 4.78 is 42.8. The van der Waals surface area contributed by atoms with Crippen LogP contribution in [0.25, 0.3) is 88.0 Å². The maximum absolute atomic E-state index is 9.50. The third-order valence-corrected chi connectivity index (χ3v) is 8.74. The molecule has 0 fully saturated rings. The first-order chi connectivity index (χ1) is 24.0. The highest BCUT2D eigenvalue weighted by molar-refractivity contribution is 6.25. The highest BCUT2D eigenvalue weighted by Gasteiger charge is 2.20. The minimum absolute atomic E-state index is 0.0802. The van der Waals surface area contributed by atoms with Crippen LogP contribution in [0.3, 0.4) is 0 Å². The number of benzene rings is 8. The van der Waals surface area contributed by atoms with Crippen LogP contribution in [0.4, 0.5) is 0 Å². The van der Waals surface area contributed by atoms with Crippen LogP contribution in [-0.4, -0.2) is 0 Å². The van der Waals surface area contributed by atoms with Gasteiger partial charge in [0, 0.05) is 10.8 Å². The van der Waals surface area contributed by atoms with Crippen LogP contribution in [0.15, 0.2) is 174 Å². The third-order valence-electron chi connectivity index (χ3n) is 8.74. The van der Waals surface area contributed by atoms with E-state index < -0.39 is 0 Å². The number of rotatable bonds is 4. The molecule has 210 valence electrons. The van der Waals surface area contributed by atoms with E-state index >= 15 is 0 Å². The molecule has 1 nitrogen and oxygen atoms in total. The molecule has 0 aliphatic heterocycles. The molecule has 0 saturated heterocycles. The van der Waals surface area contributed by atoms with Gasteiger partial charge < -0.3 is 4.42 Å². The van der Waals surface area contributed by atoms with Gasteiger partial charge in [-0.15, -0.1) is 0 Å². The molecule has 0 aliphatic rings. The molecule has 45 heavy (non-hydrogen) atoms. The lowest BCUT2D eigenvalue weighted by atomic mass is 9.84. The van der Waals surface area contributed by atoms with Gasteiger partial charge in [0.1, 0.15) is 11.2 Å². The van der Waals surface area contributed by atoms with E-state index in [4.69, 9.17) is 7.16 Å². The topological polar surface area (TPSA) is 13.1 Å². The monoisotopic (exact) mass is 576 g/mol. The van der Waals surface area contributed by atoms with E-state index in [0.29, 0.717) is 16.7 Å². The summed E-state index contributed by atoms with van der Waals surface area (Å²) in [6, 6.07) is 48.2. The molecule has 0 radical (unpaired) electrons. The van der Waals surface area contributed by atoms with Crippen molar-refractivity contribution in [1.29, 1.82) is 0 Å². The van der Waals surface area contributed by atoms with Gasteiger partial charge in [0.05, 0.1) is 5.48 Å². The average Bonchev–Trinajstić information content (AvgIpc) is 3.53. The highest BCUT2D eigenvalue weighted by Crippen LogP contribution is 2.47. The number of fused-ring (bicyclic) bond motifs is 5. The molecular weight excluding hydrogens is 544 g/mol. The van der Waals surface area contributed by atoms with E-state index in [2.05, 4.69) is 42.5 Å². The van der Waals surface area contributed by atoms with Gasteiger partial charge in [0.2, 0.25) is 0 Å². The Bertz CT molecular complexity index is 2690. The predicted molar refractivity (Wildman–Crippen MR) is 190 cm³/mol. The molecule has 0 spiro atoms. The van der Waals surface area contributed by atoms with Crippen LogP contribution in [0.2, 0.25) is 0 Å². The largest absolute Gasteiger partial charge is 0.456 e. The van der Waals surface area contributed by atoms with Crippen LogP contribution >= 0.6 is 0 Å². The maximum atomic E-state index is 9.50. The molecule has 8 aromatic carbocycles. The average molecular weight is 577 g/mol. The minimum atomic E-state index is -0.189. The van der Waals surface area contributed by atoms with Gasteiger partial charge in [-0.3, -0.25) is 0 Å². The fourth-order valence-corrected chi connectivity index (χ4v) is 6.75. The van der Waals surface area contributed by atoms with Crippen molar-refractivity contribution in [2.45, 2.75) is 0 Å². The van der Waals surface area contributed by atoms with Gasteiger partial charge in [0.15, 0.2) is 0 Å². The van der Waals surface area contributed by atoms with E-state index in [9.17, 15) is 2.74 Å². The van der Waals surface area contributed by atoms with Crippen LogP contribution in [0.1, 0.15) is 5.48 Å². The Morgan fingerprint density at radius 2 is 0.978 bits per heavy atom. The summed E-state index contributed by atoms with van der Waals surface area (Å²) in [5.41, 5.74) is 8.07. The lowest BCUT2D eigenvalue weighted by molar-refractivity contribution is 0.669. The Balaban J connectivity index is 1.40. The van der Waals surface area contributed by atoms with Gasteiger partial charge >= 0.3 is 0 Å². The van der Waals surface area contributed by atoms with Crippen molar-refractivity contribution < 1.29 is 9.90 Å². The Morgan fingerprint density at radius 3 is 1.64 bits per heavy atom. The quantitative estimate of drug-likeness (QED) is 0.190. The summed E-state index contributed by atoms with van der Waals surface area (Å²) in [7, 11) is 0. The van der Waals surface area contributed by atoms with Crippen molar-refractivity contribution in [3.63, 3.8) is 0 Å². The van der Waals surface area contributed by atoms with Crippen molar-refractivity contribution in [2.75, 3.05) is 0 Å². The van der Waals surface area contributed by atoms with E-state index in [1.165, 1.54) is 0 Å². The zero-order valence-electron chi connectivity index (χ0n) is 28.3. The van der Waals surface area contributed by atoms with Crippen LogP contribution < -0.4 is 0 Å². The molecule has 0 bridgehead atoms. The minimum Gasteiger partial charge on any atom is -0.456 e. The molecule has 1 heterocycles. The molecule has 9 aromatic rings. The zero-order valence-corrected chi connectivity index (χ0v) is 24.3. The Morgan fingerprint density at radius 1 is 0.400 bits per heavy atom. The highest BCUT2D eigenvalue weighted by atomic mass is 16.3. The van der Waals surface area contributed by atoms with Crippen molar-refractivity contribution in [3.8, 4) is 44.5 Å². The molecule has 1 heteroatoms. The van der Waals surface area contributed by atoms with Crippen LogP contribution in [0.5, 0.6) is 0 Å². The molecule has 0 unspecified atom stereocenters. The predicted octanol–water partition coefficient (Wildman–Crippen LogP) is 12.6. The van der Waals surface area contributed by atoms with Gasteiger partial charge in [0.25, 0.3) is 0 Å². The summed E-state index contributed by atoms with van der Waals surface area (Å²) in [4.78, 5) is 0.